The van der Waals surface area contributed by atoms with Gasteiger partial charge in [-0.2, -0.15) is 0 Å². The Hall–Kier alpha value is -1.61. The van der Waals surface area contributed by atoms with Gasteiger partial charge in [-0.15, -0.1) is 0 Å². The number of benzene rings is 1. The van der Waals surface area contributed by atoms with Crippen molar-refractivity contribution in [1.29, 1.82) is 0 Å². The summed E-state index contributed by atoms with van der Waals surface area (Å²) < 4.78 is 0. The Kier molecular flexibility index (Phi) is 2.56. The third-order valence-electron chi connectivity index (χ3n) is 2.08. The lowest BCUT2D eigenvalue weighted by molar-refractivity contribution is 1.14. The Morgan fingerprint density at radius 1 is 1.27 bits per heavy atom. The number of hydrogen-bond acceptors (Lipinski definition) is 2. The van der Waals surface area contributed by atoms with Crippen molar-refractivity contribution in [2.45, 2.75) is 6.92 Å². The monoisotopic (exact) mass is 220 g/mol. The van der Waals surface area contributed by atoms with Gasteiger partial charge < -0.3 is 4.98 Å². The highest BCUT2D eigenvalue weighted by molar-refractivity contribution is 6.31. The average molecular weight is 221 g/mol. The van der Waals surface area contributed by atoms with Gasteiger partial charge >= 0.3 is 0 Å². The highest BCUT2D eigenvalue weighted by atomic mass is 35.5. The van der Waals surface area contributed by atoms with Crippen LogP contribution in [-0.4, -0.2) is 9.97 Å². The second-order valence-electron chi connectivity index (χ2n) is 3.28. The lowest BCUT2D eigenvalue weighted by Crippen LogP contribution is -2.06. The third kappa shape index (κ3) is 2.07. The molecule has 0 aliphatic carbocycles. The molecule has 2 rings (SSSR count). The summed E-state index contributed by atoms with van der Waals surface area (Å²) in [4.78, 5) is 17.4. The first kappa shape index (κ1) is 9.93. The number of nitrogens with one attached hydrogen (secondary N) is 1. The molecule has 1 heterocycles. The van der Waals surface area contributed by atoms with E-state index < -0.39 is 0 Å². The van der Waals surface area contributed by atoms with Gasteiger partial charge in [-0.3, -0.25) is 4.79 Å². The maximum Gasteiger partial charge on any atom is 0.267 e. The van der Waals surface area contributed by atoms with Crippen LogP contribution in [0.1, 0.15) is 5.56 Å². The molecule has 0 radical (unpaired) electrons. The zero-order valence-electron chi connectivity index (χ0n) is 8.12. The van der Waals surface area contributed by atoms with Crippen molar-refractivity contribution < 1.29 is 0 Å². The van der Waals surface area contributed by atoms with E-state index in [4.69, 9.17) is 11.6 Å². The predicted molar refractivity (Wildman–Crippen MR) is 60.0 cm³/mol. The minimum atomic E-state index is -0.295. The lowest BCUT2D eigenvalue weighted by Gasteiger charge is -2.02. The minimum absolute atomic E-state index is 0.270. The third-order valence-corrected chi connectivity index (χ3v) is 2.35. The van der Waals surface area contributed by atoms with Crippen LogP contribution in [0.25, 0.3) is 11.3 Å². The smallest absolute Gasteiger partial charge is 0.267 e. The van der Waals surface area contributed by atoms with Crippen LogP contribution in [0, 0.1) is 6.92 Å². The van der Waals surface area contributed by atoms with Crippen molar-refractivity contribution in [2.24, 2.45) is 0 Å². The molecule has 1 aromatic carbocycles. The van der Waals surface area contributed by atoms with E-state index in [2.05, 4.69) is 9.97 Å². The summed E-state index contributed by atoms with van der Waals surface area (Å²) in [6, 6.07) is 7.78. The summed E-state index contributed by atoms with van der Waals surface area (Å²) in [5.41, 5.74) is 2.35. The van der Waals surface area contributed by atoms with Crippen LogP contribution in [0.3, 0.4) is 0 Å². The Morgan fingerprint density at radius 3 is 2.53 bits per heavy atom. The molecule has 0 unspecified atom stereocenters. The van der Waals surface area contributed by atoms with Gasteiger partial charge in [0, 0.05) is 5.56 Å². The first-order valence-electron chi connectivity index (χ1n) is 4.48. The molecule has 0 aliphatic heterocycles. The van der Waals surface area contributed by atoms with Crippen molar-refractivity contribution in [3.8, 4) is 11.3 Å². The molecule has 0 saturated carbocycles. The standard InChI is InChI=1S/C11H9ClN2O/c1-7-2-4-8(5-3-7)10-11(12)14-9(15)6-13-10/h2-6H,1H3,(H,14,15). The van der Waals surface area contributed by atoms with Gasteiger partial charge in [-0.05, 0) is 6.92 Å². The Bertz CT molecular complexity index is 531. The van der Waals surface area contributed by atoms with Crippen LogP contribution in [0.4, 0.5) is 0 Å². The molecule has 2 aromatic rings. The summed E-state index contributed by atoms with van der Waals surface area (Å²) in [5, 5.41) is 0.270. The molecule has 0 bridgehead atoms. The number of nitrogens with zero attached hydrogens (tertiary/aromatic N) is 1. The maximum absolute atomic E-state index is 10.9. The summed E-state index contributed by atoms with van der Waals surface area (Å²) in [7, 11) is 0. The van der Waals surface area contributed by atoms with Crippen LogP contribution in [-0.2, 0) is 0 Å². The zero-order chi connectivity index (χ0) is 10.8. The number of aryl methyl sites for hydroxylation is 1. The van der Waals surface area contributed by atoms with Crippen molar-refractivity contribution in [1.82, 2.24) is 9.97 Å². The number of aromatic amines is 1. The molecule has 1 aromatic heterocycles. The second-order valence-corrected chi connectivity index (χ2v) is 3.65. The molecular weight excluding hydrogens is 212 g/mol. The number of aromatic nitrogens is 2. The van der Waals surface area contributed by atoms with Gasteiger partial charge in [-0.1, -0.05) is 41.4 Å². The topological polar surface area (TPSA) is 45.8 Å². The van der Waals surface area contributed by atoms with Crippen LogP contribution >= 0.6 is 11.6 Å². The van der Waals surface area contributed by atoms with E-state index in [1.165, 1.54) is 11.8 Å². The Balaban J connectivity index is 2.54. The highest BCUT2D eigenvalue weighted by Gasteiger charge is 2.04. The van der Waals surface area contributed by atoms with Crippen LogP contribution in [0.5, 0.6) is 0 Å². The SMILES string of the molecule is Cc1ccc(-c2ncc(=O)[nH]c2Cl)cc1. The normalized spacial score (nSPS) is 10.3. The van der Waals surface area contributed by atoms with Gasteiger partial charge in [-0.25, -0.2) is 4.98 Å². The molecule has 76 valence electrons. The molecule has 0 amide bonds. The van der Waals surface area contributed by atoms with Gasteiger partial charge in [0.1, 0.15) is 10.8 Å². The average Bonchev–Trinajstić information content (AvgIpc) is 2.20. The molecule has 0 spiro atoms. The summed E-state index contributed by atoms with van der Waals surface area (Å²) in [5.74, 6) is 0. The lowest BCUT2D eigenvalue weighted by atomic mass is 10.1. The van der Waals surface area contributed by atoms with E-state index in [1.807, 2.05) is 31.2 Å². The van der Waals surface area contributed by atoms with Crippen LogP contribution < -0.4 is 5.56 Å². The zero-order valence-corrected chi connectivity index (χ0v) is 8.88. The molecular formula is C11H9ClN2O. The number of halogens is 1. The summed E-state index contributed by atoms with van der Waals surface area (Å²) >= 11 is 5.89. The van der Waals surface area contributed by atoms with Crippen molar-refractivity contribution >= 4 is 11.6 Å². The molecule has 0 saturated heterocycles. The fourth-order valence-corrected chi connectivity index (χ4v) is 1.54. The molecule has 4 heteroatoms. The molecule has 15 heavy (non-hydrogen) atoms. The number of H-pyrrole nitrogens is 1. The van der Waals surface area contributed by atoms with Gasteiger partial charge in [0.15, 0.2) is 0 Å². The molecule has 0 atom stereocenters. The highest BCUT2D eigenvalue weighted by Crippen LogP contribution is 2.22. The quantitative estimate of drug-likeness (QED) is 0.802. The van der Waals surface area contributed by atoms with Gasteiger partial charge in [0.2, 0.25) is 0 Å². The summed E-state index contributed by atoms with van der Waals surface area (Å²) in [6.07, 6.45) is 1.22. The van der Waals surface area contributed by atoms with Gasteiger partial charge in [0.05, 0.1) is 6.20 Å². The largest absolute Gasteiger partial charge is 0.310 e. The summed E-state index contributed by atoms with van der Waals surface area (Å²) in [6.45, 7) is 2.01. The fourth-order valence-electron chi connectivity index (χ4n) is 1.29. The van der Waals surface area contributed by atoms with E-state index in [0.29, 0.717) is 5.69 Å². The van der Waals surface area contributed by atoms with Crippen LogP contribution in [0.2, 0.25) is 5.15 Å². The van der Waals surface area contributed by atoms with E-state index in [1.54, 1.807) is 0 Å². The second kappa shape index (κ2) is 3.87. The van der Waals surface area contributed by atoms with E-state index in [-0.39, 0.29) is 10.7 Å². The van der Waals surface area contributed by atoms with Gasteiger partial charge in [0.25, 0.3) is 5.56 Å². The number of hydrogen-bond donors (Lipinski definition) is 1. The number of rotatable bonds is 1. The Morgan fingerprint density at radius 2 is 1.93 bits per heavy atom. The molecule has 1 N–H and O–H groups in total. The first-order valence-corrected chi connectivity index (χ1v) is 4.86. The molecule has 0 aliphatic rings. The van der Waals surface area contributed by atoms with Crippen molar-refractivity contribution in [2.75, 3.05) is 0 Å². The van der Waals surface area contributed by atoms with E-state index in [9.17, 15) is 4.79 Å². The predicted octanol–water partition coefficient (Wildman–Crippen LogP) is 2.40. The first-order chi connectivity index (χ1) is 7.16. The van der Waals surface area contributed by atoms with Crippen LogP contribution in [0.15, 0.2) is 35.3 Å². The minimum Gasteiger partial charge on any atom is -0.310 e. The van der Waals surface area contributed by atoms with E-state index in [0.717, 1.165) is 5.56 Å². The maximum atomic E-state index is 10.9. The Labute approximate surface area is 91.8 Å². The fraction of sp³-hybridized carbons (Fsp3) is 0.0909. The van der Waals surface area contributed by atoms with Crippen molar-refractivity contribution in [3.63, 3.8) is 0 Å². The van der Waals surface area contributed by atoms with Crippen molar-refractivity contribution in [3.05, 3.63) is 51.5 Å². The van der Waals surface area contributed by atoms with E-state index >= 15 is 0 Å². The molecule has 3 nitrogen and oxygen atoms in total. The molecule has 0 fully saturated rings.